The van der Waals surface area contributed by atoms with Crippen LogP contribution in [0.2, 0.25) is 0 Å². The molecule has 0 radical (unpaired) electrons. The average molecular weight is 211 g/mol. The van der Waals surface area contributed by atoms with E-state index < -0.39 is 0 Å². The first kappa shape index (κ1) is 12.7. The predicted octanol–water partition coefficient (Wildman–Crippen LogP) is 2.87. The van der Waals surface area contributed by atoms with Crippen molar-refractivity contribution in [1.29, 1.82) is 0 Å². The molecule has 15 heavy (non-hydrogen) atoms. The maximum absolute atomic E-state index is 10.2. The Morgan fingerprint density at radius 3 is 2.60 bits per heavy atom. The zero-order valence-corrected chi connectivity index (χ0v) is 10.1. The quantitative estimate of drug-likeness (QED) is 0.477. The summed E-state index contributed by atoms with van der Waals surface area (Å²) in [6.45, 7) is 6.11. The highest BCUT2D eigenvalue weighted by Crippen LogP contribution is 2.22. The van der Waals surface area contributed by atoms with Crippen LogP contribution in [0.3, 0.4) is 0 Å². The standard InChI is InChI=1S/C13H25NO/c1-2-3-9-14-10-7-13(8-11-14)6-4-5-12-15/h12-13H,2-11H2,1H3. The number of unbranched alkanes of at least 4 members (excludes halogenated alkanes) is 2. The van der Waals surface area contributed by atoms with Crippen LogP contribution in [0.1, 0.15) is 51.9 Å². The zero-order chi connectivity index (χ0) is 10.9. The fraction of sp³-hybridized carbons (Fsp3) is 0.923. The molecule has 1 heterocycles. The van der Waals surface area contributed by atoms with Crippen LogP contribution >= 0.6 is 0 Å². The van der Waals surface area contributed by atoms with Crippen molar-refractivity contribution in [2.45, 2.75) is 51.9 Å². The Morgan fingerprint density at radius 1 is 1.27 bits per heavy atom. The number of aldehydes is 1. The molecule has 1 aliphatic heterocycles. The van der Waals surface area contributed by atoms with Gasteiger partial charge in [-0.3, -0.25) is 0 Å². The Hall–Kier alpha value is -0.370. The molecule has 0 aromatic heterocycles. The van der Waals surface area contributed by atoms with Gasteiger partial charge in [0.05, 0.1) is 0 Å². The average Bonchev–Trinajstić information content (AvgIpc) is 2.28. The van der Waals surface area contributed by atoms with Gasteiger partial charge in [0, 0.05) is 6.42 Å². The van der Waals surface area contributed by atoms with Crippen molar-refractivity contribution in [3.8, 4) is 0 Å². The number of nitrogens with zero attached hydrogens (tertiary/aromatic N) is 1. The molecular weight excluding hydrogens is 186 g/mol. The first-order chi connectivity index (χ1) is 7.36. The van der Waals surface area contributed by atoms with Crippen LogP contribution in [-0.4, -0.2) is 30.8 Å². The molecule has 0 unspecified atom stereocenters. The molecule has 0 atom stereocenters. The molecule has 2 heteroatoms. The van der Waals surface area contributed by atoms with E-state index >= 15 is 0 Å². The molecular formula is C13H25NO. The Morgan fingerprint density at radius 2 is 2.00 bits per heavy atom. The van der Waals surface area contributed by atoms with Crippen LogP contribution in [0, 0.1) is 5.92 Å². The summed E-state index contributed by atoms with van der Waals surface area (Å²) in [5, 5.41) is 0. The molecule has 0 aromatic carbocycles. The summed E-state index contributed by atoms with van der Waals surface area (Å²) in [6.07, 6.45) is 9.52. The van der Waals surface area contributed by atoms with E-state index in [1.165, 1.54) is 51.7 Å². The number of rotatable bonds is 7. The molecule has 1 fully saturated rings. The van der Waals surface area contributed by atoms with Crippen molar-refractivity contribution in [2.75, 3.05) is 19.6 Å². The third kappa shape index (κ3) is 5.31. The van der Waals surface area contributed by atoms with E-state index in [1.807, 2.05) is 0 Å². The Labute approximate surface area is 94.0 Å². The highest BCUT2D eigenvalue weighted by Gasteiger charge is 2.17. The highest BCUT2D eigenvalue weighted by atomic mass is 16.1. The van der Waals surface area contributed by atoms with Gasteiger partial charge < -0.3 is 9.69 Å². The normalized spacial score (nSPS) is 19.3. The lowest BCUT2D eigenvalue weighted by Crippen LogP contribution is -2.34. The van der Waals surface area contributed by atoms with Gasteiger partial charge in [-0.05, 0) is 57.7 Å². The van der Waals surface area contributed by atoms with Gasteiger partial charge in [0.15, 0.2) is 0 Å². The van der Waals surface area contributed by atoms with Gasteiger partial charge in [-0.15, -0.1) is 0 Å². The SMILES string of the molecule is CCCCN1CCC(CCCC=O)CC1. The van der Waals surface area contributed by atoms with Gasteiger partial charge in [-0.1, -0.05) is 13.3 Å². The minimum absolute atomic E-state index is 0.760. The van der Waals surface area contributed by atoms with E-state index in [4.69, 9.17) is 0 Å². The van der Waals surface area contributed by atoms with Gasteiger partial charge >= 0.3 is 0 Å². The fourth-order valence-electron chi connectivity index (χ4n) is 2.37. The summed E-state index contributed by atoms with van der Waals surface area (Å²) in [4.78, 5) is 12.8. The summed E-state index contributed by atoms with van der Waals surface area (Å²) < 4.78 is 0. The molecule has 0 aromatic rings. The third-order valence-electron chi connectivity index (χ3n) is 3.47. The monoisotopic (exact) mass is 211 g/mol. The van der Waals surface area contributed by atoms with Crippen LogP contribution in [0.15, 0.2) is 0 Å². The smallest absolute Gasteiger partial charge is 0.119 e. The minimum atomic E-state index is 0.760. The minimum Gasteiger partial charge on any atom is -0.303 e. The van der Waals surface area contributed by atoms with Crippen LogP contribution in [0.5, 0.6) is 0 Å². The molecule has 1 saturated heterocycles. The lowest BCUT2D eigenvalue weighted by atomic mass is 9.91. The second kappa shape index (κ2) is 7.86. The van der Waals surface area contributed by atoms with Crippen molar-refractivity contribution in [1.82, 2.24) is 4.90 Å². The molecule has 0 aliphatic carbocycles. The van der Waals surface area contributed by atoms with Crippen molar-refractivity contribution in [3.63, 3.8) is 0 Å². The molecule has 0 bridgehead atoms. The van der Waals surface area contributed by atoms with Gasteiger partial charge in [0.1, 0.15) is 6.29 Å². The Bertz CT molecular complexity index is 162. The van der Waals surface area contributed by atoms with Gasteiger partial charge in [0.2, 0.25) is 0 Å². The van der Waals surface area contributed by atoms with E-state index in [-0.39, 0.29) is 0 Å². The highest BCUT2D eigenvalue weighted by molar-refractivity contribution is 5.48. The second-order valence-electron chi connectivity index (χ2n) is 4.74. The largest absolute Gasteiger partial charge is 0.303 e. The lowest BCUT2D eigenvalue weighted by Gasteiger charge is -2.31. The number of carbonyl (C=O) groups excluding carboxylic acids is 1. The molecule has 1 rings (SSSR count). The van der Waals surface area contributed by atoms with Gasteiger partial charge in [0.25, 0.3) is 0 Å². The van der Waals surface area contributed by atoms with Gasteiger partial charge in [-0.25, -0.2) is 0 Å². The van der Waals surface area contributed by atoms with Crippen LogP contribution < -0.4 is 0 Å². The predicted molar refractivity (Wildman–Crippen MR) is 64.0 cm³/mol. The maximum Gasteiger partial charge on any atom is 0.119 e. The summed E-state index contributed by atoms with van der Waals surface area (Å²) in [5.41, 5.74) is 0. The third-order valence-corrected chi connectivity index (χ3v) is 3.47. The summed E-state index contributed by atoms with van der Waals surface area (Å²) >= 11 is 0. The Kier molecular flexibility index (Phi) is 6.66. The first-order valence-corrected chi connectivity index (χ1v) is 6.52. The summed E-state index contributed by atoms with van der Waals surface area (Å²) in [5.74, 6) is 0.892. The molecule has 0 N–H and O–H groups in total. The van der Waals surface area contributed by atoms with Gasteiger partial charge in [-0.2, -0.15) is 0 Å². The summed E-state index contributed by atoms with van der Waals surface area (Å²) in [7, 11) is 0. The van der Waals surface area contributed by atoms with E-state index in [1.54, 1.807) is 0 Å². The second-order valence-corrected chi connectivity index (χ2v) is 4.74. The van der Waals surface area contributed by atoms with Crippen molar-refractivity contribution < 1.29 is 4.79 Å². The van der Waals surface area contributed by atoms with E-state index in [9.17, 15) is 4.79 Å². The first-order valence-electron chi connectivity index (χ1n) is 6.52. The topological polar surface area (TPSA) is 20.3 Å². The van der Waals surface area contributed by atoms with Crippen molar-refractivity contribution >= 4 is 6.29 Å². The molecule has 0 amide bonds. The fourth-order valence-corrected chi connectivity index (χ4v) is 2.37. The number of hydrogen-bond donors (Lipinski definition) is 0. The number of carbonyl (C=O) groups is 1. The van der Waals surface area contributed by atoms with E-state index in [0.29, 0.717) is 0 Å². The molecule has 88 valence electrons. The van der Waals surface area contributed by atoms with E-state index in [2.05, 4.69) is 11.8 Å². The Balaban J connectivity index is 2.04. The van der Waals surface area contributed by atoms with Crippen LogP contribution in [-0.2, 0) is 4.79 Å². The maximum atomic E-state index is 10.2. The number of likely N-dealkylation sites (tertiary alicyclic amines) is 1. The lowest BCUT2D eigenvalue weighted by molar-refractivity contribution is -0.108. The van der Waals surface area contributed by atoms with Crippen molar-refractivity contribution in [2.24, 2.45) is 5.92 Å². The van der Waals surface area contributed by atoms with Crippen molar-refractivity contribution in [3.05, 3.63) is 0 Å². The summed E-state index contributed by atoms with van der Waals surface area (Å²) in [6, 6.07) is 0. The molecule has 0 saturated carbocycles. The number of piperidine rings is 1. The van der Waals surface area contributed by atoms with E-state index in [0.717, 1.165) is 25.0 Å². The number of hydrogen-bond acceptors (Lipinski definition) is 2. The molecule has 1 aliphatic rings. The zero-order valence-electron chi connectivity index (χ0n) is 10.1. The molecule has 0 spiro atoms. The molecule has 2 nitrogen and oxygen atoms in total. The van der Waals surface area contributed by atoms with Crippen LogP contribution in [0.4, 0.5) is 0 Å². The van der Waals surface area contributed by atoms with Crippen LogP contribution in [0.25, 0.3) is 0 Å².